The van der Waals surface area contributed by atoms with E-state index in [1.165, 1.54) is 0 Å². The number of aliphatic hydroxyl groups excluding tert-OH is 1. The van der Waals surface area contributed by atoms with Crippen LogP contribution < -0.4 is 0 Å². The molecule has 10 heavy (non-hydrogen) atoms. The zero-order valence-electron chi connectivity index (χ0n) is 6.55. The van der Waals surface area contributed by atoms with Crippen LogP contribution in [0, 0.1) is 0 Å². The molecule has 1 saturated heterocycles. The molecule has 2 nitrogen and oxygen atoms in total. The average molecular weight is 144 g/mol. The van der Waals surface area contributed by atoms with E-state index in [2.05, 4.69) is 6.92 Å². The highest BCUT2D eigenvalue weighted by molar-refractivity contribution is 4.69. The van der Waals surface area contributed by atoms with Crippen LogP contribution in [0.2, 0.25) is 0 Å². The van der Waals surface area contributed by atoms with Crippen LogP contribution in [0.5, 0.6) is 0 Å². The molecular weight excluding hydrogens is 128 g/mol. The van der Waals surface area contributed by atoms with Crippen LogP contribution in [-0.2, 0) is 4.74 Å². The number of aliphatic hydroxyl groups is 1. The summed E-state index contributed by atoms with van der Waals surface area (Å²) in [6.07, 6.45) is 4.13. The van der Waals surface area contributed by atoms with Crippen LogP contribution in [-0.4, -0.2) is 23.9 Å². The van der Waals surface area contributed by atoms with Gasteiger partial charge in [-0.25, -0.2) is 0 Å². The van der Waals surface area contributed by atoms with Crippen molar-refractivity contribution in [1.82, 2.24) is 0 Å². The molecule has 0 radical (unpaired) electrons. The van der Waals surface area contributed by atoms with E-state index in [0.29, 0.717) is 6.10 Å². The van der Waals surface area contributed by atoms with Crippen molar-refractivity contribution in [3.8, 4) is 0 Å². The van der Waals surface area contributed by atoms with E-state index in [1.54, 1.807) is 0 Å². The van der Waals surface area contributed by atoms with Crippen LogP contribution in [0.25, 0.3) is 0 Å². The molecule has 1 rings (SSSR count). The molecule has 0 spiro atoms. The normalized spacial score (nSPS) is 34.2. The van der Waals surface area contributed by atoms with Gasteiger partial charge in [-0.1, -0.05) is 13.3 Å². The maximum Gasteiger partial charge on any atom is 0.0599 e. The van der Waals surface area contributed by atoms with Crippen molar-refractivity contribution in [1.29, 1.82) is 0 Å². The molecule has 0 saturated carbocycles. The first kappa shape index (κ1) is 8.02. The first-order valence-electron chi connectivity index (χ1n) is 4.12. The zero-order valence-corrected chi connectivity index (χ0v) is 6.55. The summed E-state index contributed by atoms with van der Waals surface area (Å²) >= 11 is 0. The van der Waals surface area contributed by atoms with Gasteiger partial charge in [0.05, 0.1) is 12.2 Å². The van der Waals surface area contributed by atoms with Crippen molar-refractivity contribution < 1.29 is 9.84 Å². The Hall–Kier alpha value is -0.0800. The third-order valence-corrected chi connectivity index (χ3v) is 1.95. The summed E-state index contributed by atoms with van der Waals surface area (Å²) < 4.78 is 5.43. The lowest BCUT2D eigenvalue weighted by Gasteiger charge is -2.25. The van der Waals surface area contributed by atoms with Crippen molar-refractivity contribution in [2.24, 2.45) is 0 Å². The summed E-state index contributed by atoms with van der Waals surface area (Å²) in [5.41, 5.74) is 0. The summed E-state index contributed by atoms with van der Waals surface area (Å²) in [6, 6.07) is 0. The molecular formula is C8H16O2. The monoisotopic (exact) mass is 144 g/mol. The molecule has 1 aliphatic rings. The van der Waals surface area contributed by atoms with Gasteiger partial charge in [-0.2, -0.15) is 0 Å². The molecule has 1 fully saturated rings. The molecule has 2 atom stereocenters. The van der Waals surface area contributed by atoms with Crippen molar-refractivity contribution in [2.75, 3.05) is 6.61 Å². The van der Waals surface area contributed by atoms with Gasteiger partial charge in [0.15, 0.2) is 0 Å². The lowest BCUT2D eigenvalue weighted by Crippen LogP contribution is -2.28. The summed E-state index contributed by atoms with van der Waals surface area (Å²) in [7, 11) is 0. The van der Waals surface area contributed by atoms with Gasteiger partial charge in [0.2, 0.25) is 0 Å². The second-order valence-electron chi connectivity index (χ2n) is 2.96. The quantitative estimate of drug-likeness (QED) is 0.633. The van der Waals surface area contributed by atoms with Gasteiger partial charge < -0.3 is 9.84 Å². The molecule has 0 aromatic heterocycles. The number of ether oxygens (including phenoxy) is 1. The average Bonchev–Trinajstić information content (AvgIpc) is 1.88. The molecule has 1 heterocycles. The second-order valence-corrected chi connectivity index (χ2v) is 2.96. The van der Waals surface area contributed by atoms with E-state index in [1.807, 2.05) is 0 Å². The Balaban J connectivity index is 2.18. The first-order chi connectivity index (χ1) is 4.83. The van der Waals surface area contributed by atoms with Gasteiger partial charge in [0, 0.05) is 6.61 Å². The smallest absolute Gasteiger partial charge is 0.0599 e. The Morgan fingerprint density at radius 3 is 3.00 bits per heavy atom. The van der Waals surface area contributed by atoms with Crippen molar-refractivity contribution in [3.63, 3.8) is 0 Å². The van der Waals surface area contributed by atoms with E-state index >= 15 is 0 Å². The Bertz CT molecular complexity index is 91.3. The first-order valence-corrected chi connectivity index (χ1v) is 4.12. The van der Waals surface area contributed by atoms with Crippen LogP contribution >= 0.6 is 0 Å². The molecule has 0 unspecified atom stereocenters. The predicted molar refractivity (Wildman–Crippen MR) is 39.9 cm³/mol. The highest BCUT2D eigenvalue weighted by atomic mass is 16.5. The lowest BCUT2D eigenvalue weighted by molar-refractivity contribution is -0.0463. The molecule has 1 N–H and O–H groups in total. The number of hydrogen-bond acceptors (Lipinski definition) is 2. The molecule has 0 aliphatic carbocycles. The van der Waals surface area contributed by atoms with E-state index in [0.717, 1.165) is 32.3 Å². The fraction of sp³-hybridized carbons (Fsp3) is 1.00. The van der Waals surface area contributed by atoms with Crippen molar-refractivity contribution in [2.45, 2.75) is 44.8 Å². The van der Waals surface area contributed by atoms with Crippen LogP contribution in [0.3, 0.4) is 0 Å². The van der Waals surface area contributed by atoms with Gasteiger partial charge >= 0.3 is 0 Å². The molecule has 60 valence electrons. The highest BCUT2D eigenvalue weighted by Crippen LogP contribution is 2.17. The predicted octanol–water partition coefficient (Wildman–Crippen LogP) is 1.33. The Morgan fingerprint density at radius 1 is 1.60 bits per heavy atom. The topological polar surface area (TPSA) is 29.5 Å². The standard InChI is InChI=1S/C8H16O2/c1-2-3-8-6-7(9)4-5-10-8/h7-9H,2-6H2,1H3/t7-,8-/m1/s1. The third kappa shape index (κ3) is 2.27. The zero-order chi connectivity index (χ0) is 7.40. The largest absolute Gasteiger partial charge is 0.393 e. The minimum atomic E-state index is -0.106. The van der Waals surface area contributed by atoms with Crippen LogP contribution in [0.1, 0.15) is 32.6 Å². The van der Waals surface area contributed by atoms with Gasteiger partial charge in [0.25, 0.3) is 0 Å². The van der Waals surface area contributed by atoms with Gasteiger partial charge in [-0.05, 0) is 19.3 Å². The summed E-state index contributed by atoms with van der Waals surface area (Å²) in [4.78, 5) is 0. The minimum Gasteiger partial charge on any atom is -0.393 e. The molecule has 2 heteroatoms. The van der Waals surface area contributed by atoms with Gasteiger partial charge in [0.1, 0.15) is 0 Å². The lowest BCUT2D eigenvalue weighted by atomic mass is 10.0. The van der Waals surface area contributed by atoms with Crippen molar-refractivity contribution >= 4 is 0 Å². The third-order valence-electron chi connectivity index (χ3n) is 1.95. The van der Waals surface area contributed by atoms with Gasteiger partial charge in [-0.3, -0.25) is 0 Å². The number of hydrogen-bond donors (Lipinski definition) is 1. The molecule has 0 bridgehead atoms. The number of rotatable bonds is 2. The van der Waals surface area contributed by atoms with E-state index in [4.69, 9.17) is 4.74 Å². The molecule has 1 aliphatic heterocycles. The van der Waals surface area contributed by atoms with Crippen LogP contribution in [0.4, 0.5) is 0 Å². The SMILES string of the molecule is CCC[C@@H]1C[C@H](O)CCO1. The summed E-state index contributed by atoms with van der Waals surface area (Å²) in [5.74, 6) is 0. The minimum absolute atomic E-state index is 0.106. The summed E-state index contributed by atoms with van der Waals surface area (Å²) in [5, 5.41) is 9.23. The van der Waals surface area contributed by atoms with Gasteiger partial charge in [-0.15, -0.1) is 0 Å². The van der Waals surface area contributed by atoms with E-state index in [9.17, 15) is 5.11 Å². The van der Waals surface area contributed by atoms with E-state index < -0.39 is 0 Å². The molecule has 0 amide bonds. The highest BCUT2D eigenvalue weighted by Gasteiger charge is 2.19. The molecule has 0 aromatic carbocycles. The Morgan fingerprint density at radius 2 is 2.40 bits per heavy atom. The van der Waals surface area contributed by atoms with Crippen LogP contribution in [0.15, 0.2) is 0 Å². The maximum absolute atomic E-state index is 9.23. The Labute approximate surface area is 62.2 Å². The van der Waals surface area contributed by atoms with Crippen molar-refractivity contribution in [3.05, 3.63) is 0 Å². The van der Waals surface area contributed by atoms with E-state index in [-0.39, 0.29) is 6.10 Å². The fourth-order valence-corrected chi connectivity index (χ4v) is 1.38. The summed E-state index contributed by atoms with van der Waals surface area (Å²) in [6.45, 7) is 2.89. The second kappa shape index (κ2) is 3.94. The molecule has 0 aromatic rings. The maximum atomic E-state index is 9.23. The Kier molecular flexibility index (Phi) is 3.16. The fourth-order valence-electron chi connectivity index (χ4n) is 1.38.